The maximum Gasteiger partial charge on any atom is 0.338 e. The van der Waals surface area contributed by atoms with E-state index in [2.05, 4.69) is 15.6 Å². The number of anilines is 2. The average molecular weight is 530 g/mol. The molecule has 4 aromatic rings. The van der Waals surface area contributed by atoms with Crippen molar-refractivity contribution in [1.29, 1.82) is 0 Å². The van der Waals surface area contributed by atoms with Crippen molar-refractivity contribution < 1.29 is 24.2 Å². The van der Waals surface area contributed by atoms with Crippen LogP contribution in [0.1, 0.15) is 52.4 Å². The number of imidazole rings is 1. The van der Waals surface area contributed by atoms with Crippen LogP contribution in [0.2, 0.25) is 0 Å². The second-order valence-electron chi connectivity index (χ2n) is 8.99. The van der Waals surface area contributed by atoms with Gasteiger partial charge in [-0.3, -0.25) is 9.59 Å². The third kappa shape index (κ3) is 6.23. The number of nitrogens with one attached hydrogen (secondary N) is 2. The van der Waals surface area contributed by atoms with Crippen LogP contribution in [0.25, 0.3) is 11.0 Å². The van der Waals surface area contributed by atoms with Crippen molar-refractivity contribution in [1.82, 2.24) is 14.5 Å². The number of hydrogen-bond donors (Lipinski definition) is 3. The van der Waals surface area contributed by atoms with E-state index in [1.54, 1.807) is 56.4 Å². The molecular formula is C29H31N5O5. The fourth-order valence-corrected chi connectivity index (χ4v) is 4.18. The van der Waals surface area contributed by atoms with Crippen LogP contribution in [0.4, 0.5) is 11.5 Å². The second-order valence-corrected chi connectivity index (χ2v) is 8.99. The molecule has 0 spiro atoms. The summed E-state index contributed by atoms with van der Waals surface area (Å²) in [6, 6.07) is 15.7. The van der Waals surface area contributed by atoms with E-state index >= 15 is 0 Å². The highest BCUT2D eigenvalue weighted by Gasteiger charge is 2.19. The number of benzene rings is 2. The first-order valence-corrected chi connectivity index (χ1v) is 12.7. The van der Waals surface area contributed by atoms with E-state index in [9.17, 15) is 19.5 Å². The highest BCUT2D eigenvalue weighted by molar-refractivity contribution is 6.13. The first-order valence-electron chi connectivity index (χ1n) is 12.7. The lowest BCUT2D eigenvalue weighted by Gasteiger charge is -2.14. The molecule has 0 radical (unpaired) electrons. The zero-order chi connectivity index (χ0) is 27.9. The van der Waals surface area contributed by atoms with Crippen LogP contribution in [-0.2, 0) is 23.1 Å². The molecule has 1 atom stereocenters. The molecule has 2 aromatic heterocycles. The summed E-state index contributed by atoms with van der Waals surface area (Å²) in [4.78, 5) is 45.6. The summed E-state index contributed by atoms with van der Waals surface area (Å²) in [6.45, 7) is 4.50. The van der Waals surface area contributed by atoms with Gasteiger partial charge < -0.3 is 25.0 Å². The molecule has 202 valence electrons. The summed E-state index contributed by atoms with van der Waals surface area (Å²) in [7, 11) is 1.91. The van der Waals surface area contributed by atoms with Crippen molar-refractivity contribution in [2.24, 2.45) is 13.0 Å². The fraction of sp³-hybridized carbons (Fsp3) is 0.276. The van der Waals surface area contributed by atoms with Crippen LogP contribution in [0.3, 0.4) is 0 Å². The van der Waals surface area contributed by atoms with E-state index in [0.29, 0.717) is 47.6 Å². The van der Waals surface area contributed by atoms with Crippen LogP contribution >= 0.6 is 0 Å². The van der Waals surface area contributed by atoms with E-state index in [4.69, 9.17) is 9.72 Å². The van der Waals surface area contributed by atoms with Crippen molar-refractivity contribution >= 4 is 40.3 Å². The molecule has 1 unspecified atom stereocenters. The van der Waals surface area contributed by atoms with Crippen molar-refractivity contribution in [3.8, 4) is 0 Å². The number of fused-ring (bicyclic) bond motifs is 1. The number of aromatic nitrogens is 3. The standard InChI is InChI=1S/C29H31N5O5/c1-4-18(28(36)37)16-32-27-22(7-6-14-30-27)26(35)20-10-13-24-23(15-20)33-25(34(24)3)17-31-21-11-8-19(9-12-21)29(38)39-5-2/h6-15,18,31H,4-5,16-17H2,1-3H3,(H,30,32)(H,36,37). The number of ether oxygens (including phenoxy) is 1. The summed E-state index contributed by atoms with van der Waals surface area (Å²) in [5.41, 5.74) is 3.68. The summed E-state index contributed by atoms with van der Waals surface area (Å²) in [5.74, 6) is -0.947. The molecule has 2 heterocycles. The minimum Gasteiger partial charge on any atom is -0.481 e. The Labute approximate surface area is 226 Å². The van der Waals surface area contributed by atoms with Crippen LogP contribution < -0.4 is 10.6 Å². The van der Waals surface area contributed by atoms with E-state index in [0.717, 1.165) is 17.0 Å². The minimum atomic E-state index is -0.895. The van der Waals surface area contributed by atoms with Gasteiger partial charge in [0, 0.05) is 31.0 Å². The third-order valence-corrected chi connectivity index (χ3v) is 6.49. The lowest BCUT2D eigenvalue weighted by molar-refractivity contribution is -0.141. The van der Waals surface area contributed by atoms with Gasteiger partial charge in [-0.25, -0.2) is 14.8 Å². The molecule has 0 saturated carbocycles. The molecule has 0 fully saturated rings. The van der Waals surface area contributed by atoms with Gasteiger partial charge in [0.05, 0.1) is 41.2 Å². The monoisotopic (exact) mass is 529 g/mol. The Morgan fingerprint density at radius 3 is 2.46 bits per heavy atom. The highest BCUT2D eigenvalue weighted by atomic mass is 16.5. The molecular weight excluding hydrogens is 498 g/mol. The molecule has 4 rings (SSSR count). The molecule has 0 aliphatic heterocycles. The quantitative estimate of drug-likeness (QED) is 0.179. The van der Waals surface area contributed by atoms with E-state index in [-0.39, 0.29) is 18.3 Å². The first-order chi connectivity index (χ1) is 18.8. The Bertz CT molecular complexity index is 1500. The number of pyridine rings is 1. The van der Waals surface area contributed by atoms with Crippen LogP contribution in [0.5, 0.6) is 0 Å². The van der Waals surface area contributed by atoms with Gasteiger partial charge in [0.25, 0.3) is 0 Å². The molecule has 2 aromatic carbocycles. The van der Waals surface area contributed by atoms with Gasteiger partial charge >= 0.3 is 11.9 Å². The van der Waals surface area contributed by atoms with E-state index < -0.39 is 11.9 Å². The Kier molecular flexibility index (Phi) is 8.55. The van der Waals surface area contributed by atoms with Crippen molar-refractivity contribution in [3.05, 3.63) is 83.3 Å². The number of hydrogen-bond acceptors (Lipinski definition) is 8. The number of carboxylic acid groups (broad SMARTS) is 1. The van der Waals surface area contributed by atoms with Crippen LogP contribution in [0, 0.1) is 5.92 Å². The molecule has 0 aliphatic rings. The molecule has 10 nitrogen and oxygen atoms in total. The number of carbonyl (C=O) groups excluding carboxylic acids is 2. The lowest BCUT2D eigenvalue weighted by atomic mass is 10.0. The molecule has 3 N–H and O–H groups in total. The zero-order valence-corrected chi connectivity index (χ0v) is 22.1. The summed E-state index contributed by atoms with van der Waals surface area (Å²) in [6.07, 6.45) is 2.03. The second kappa shape index (κ2) is 12.2. The molecule has 10 heteroatoms. The number of aliphatic carboxylic acids is 1. The normalized spacial score (nSPS) is 11.7. The number of nitrogens with zero attached hydrogens (tertiary/aromatic N) is 3. The third-order valence-electron chi connectivity index (χ3n) is 6.49. The Morgan fingerprint density at radius 1 is 1.03 bits per heavy atom. The van der Waals surface area contributed by atoms with Crippen LogP contribution in [-0.4, -0.2) is 50.5 Å². The van der Waals surface area contributed by atoms with Crippen molar-refractivity contribution in [3.63, 3.8) is 0 Å². The molecule has 0 amide bonds. The van der Waals surface area contributed by atoms with E-state index in [1.165, 1.54) is 0 Å². The number of ketones is 1. The maximum atomic E-state index is 13.4. The van der Waals surface area contributed by atoms with Crippen molar-refractivity contribution in [2.75, 3.05) is 23.8 Å². The predicted molar refractivity (Wildman–Crippen MR) is 148 cm³/mol. The van der Waals surface area contributed by atoms with Gasteiger partial charge in [-0.05, 0) is 67.9 Å². The Hall–Kier alpha value is -4.73. The summed E-state index contributed by atoms with van der Waals surface area (Å²) >= 11 is 0. The molecule has 0 aliphatic carbocycles. The number of rotatable bonds is 12. The first kappa shape index (κ1) is 27.3. The molecule has 0 bridgehead atoms. The predicted octanol–water partition coefficient (Wildman–Crippen LogP) is 4.51. The Balaban J connectivity index is 1.50. The lowest BCUT2D eigenvalue weighted by Crippen LogP contribution is -2.23. The minimum absolute atomic E-state index is 0.171. The Morgan fingerprint density at radius 2 is 1.77 bits per heavy atom. The van der Waals surface area contributed by atoms with Gasteiger partial charge in [0.1, 0.15) is 11.6 Å². The molecule has 39 heavy (non-hydrogen) atoms. The number of aryl methyl sites for hydroxylation is 1. The number of esters is 1. The highest BCUT2D eigenvalue weighted by Crippen LogP contribution is 2.23. The van der Waals surface area contributed by atoms with Gasteiger partial charge in [0.2, 0.25) is 0 Å². The zero-order valence-electron chi connectivity index (χ0n) is 22.1. The number of carboxylic acids is 1. The van der Waals surface area contributed by atoms with E-state index in [1.807, 2.05) is 29.8 Å². The number of carbonyl (C=O) groups is 3. The van der Waals surface area contributed by atoms with Gasteiger partial charge in [-0.15, -0.1) is 0 Å². The topological polar surface area (TPSA) is 135 Å². The van der Waals surface area contributed by atoms with Gasteiger partial charge in [-0.1, -0.05) is 6.92 Å². The maximum absolute atomic E-state index is 13.4. The summed E-state index contributed by atoms with van der Waals surface area (Å²) < 4.78 is 6.97. The fourth-order valence-electron chi connectivity index (χ4n) is 4.18. The van der Waals surface area contributed by atoms with Crippen LogP contribution in [0.15, 0.2) is 60.8 Å². The SMILES string of the molecule is CCOC(=O)c1ccc(NCc2nc3cc(C(=O)c4cccnc4NCC(CC)C(=O)O)ccc3n2C)cc1. The smallest absolute Gasteiger partial charge is 0.338 e. The largest absolute Gasteiger partial charge is 0.481 e. The van der Waals surface area contributed by atoms with Gasteiger partial charge in [0.15, 0.2) is 5.78 Å². The van der Waals surface area contributed by atoms with Crippen molar-refractivity contribution in [2.45, 2.75) is 26.8 Å². The average Bonchev–Trinajstić information content (AvgIpc) is 3.26. The summed E-state index contributed by atoms with van der Waals surface area (Å²) in [5, 5.41) is 15.7. The van der Waals surface area contributed by atoms with Gasteiger partial charge in [-0.2, -0.15) is 0 Å². The molecule has 0 saturated heterocycles.